The van der Waals surface area contributed by atoms with E-state index in [1.54, 1.807) is 11.1 Å². The standard InChI is InChI=1S/C20H28N4O3/c25-19-15-23(8-9-24(19)17-4-2-1-3-5-17)18-7-6-16(14-21-18)20(26)22-10-12-27-13-11-22/h6-7,14,17H,1-5,8-13,15H2. The number of carbonyl (C=O) groups excluding carboxylic acids is 2. The lowest BCUT2D eigenvalue weighted by molar-refractivity contribution is -0.134. The Hall–Kier alpha value is -2.15. The molecule has 146 valence electrons. The van der Waals surface area contributed by atoms with E-state index < -0.39 is 0 Å². The molecule has 0 radical (unpaired) electrons. The van der Waals surface area contributed by atoms with Gasteiger partial charge in [0, 0.05) is 38.4 Å². The first-order valence-electron chi connectivity index (χ1n) is 10.1. The van der Waals surface area contributed by atoms with Crippen LogP contribution in [0, 0.1) is 0 Å². The highest BCUT2D eigenvalue weighted by Crippen LogP contribution is 2.25. The van der Waals surface area contributed by atoms with Gasteiger partial charge in [0.25, 0.3) is 5.91 Å². The summed E-state index contributed by atoms with van der Waals surface area (Å²) in [7, 11) is 0. The van der Waals surface area contributed by atoms with Crippen molar-refractivity contribution in [1.29, 1.82) is 0 Å². The van der Waals surface area contributed by atoms with Crippen molar-refractivity contribution in [1.82, 2.24) is 14.8 Å². The maximum Gasteiger partial charge on any atom is 0.255 e. The van der Waals surface area contributed by atoms with Crippen molar-refractivity contribution in [2.75, 3.05) is 50.8 Å². The van der Waals surface area contributed by atoms with E-state index in [1.165, 1.54) is 19.3 Å². The van der Waals surface area contributed by atoms with Gasteiger partial charge >= 0.3 is 0 Å². The predicted octanol–water partition coefficient (Wildman–Crippen LogP) is 1.54. The highest BCUT2D eigenvalue weighted by Gasteiger charge is 2.31. The van der Waals surface area contributed by atoms with Gasteiger partial charge in [-0.05, 0) is 25.0 Å². The Morgan fingerprint density at radius 1 is 1.04 bits per heavy atom. The van der Waals surface area contributed by atoms with Gasteiger partial charge in [-0.25, -0.2) is 4.98 Å². The van der Waals surface area contributed by atoms with E-state index in [4.69, 9.17) is 4.74 Å². The Morgan fingerprint density at radius 3 is 2.48 bits per heavy atom. The molecule has 27 heavy (non-hydrogen) atoms. The molecule has 7 nitrogen and oxygen atoms in total. The van der Waals surface area contributed by atoms with Crippen molar-refractivity contribution in [2.45, 2.75) is 38.1 Å². The molecule has 3 fully saturated rings. The summed E-state index contributed by atoms with van der Waals surface area (Å²) in [4.78, 5) is 35.5. The van der Waals surface area contributed by atoms with Crippen LogP contribution in [0.3, 0.4) is 0 Å². The van der Waals surface area contributed by atoms with Crippen LogP contribution >= 0.6 is 0 Å². The number of piperazine rings is 1. The number of carbonyl (C=O) groups is 2. The summed E-state index contributed by atoms with van der Waals surface area (Å²) in [6, 6.07) is 4.10. The Bertz CT molecular complexity index is 666. The number of amides is 2. The third-order valence-electron chi connectivity index (χ3n) is 5.89. The fourth-order valence-corrected chi connectivity index (χ4v) is 4.31. The molecule has 0 atom stereocenters. The Kier molecular flexibility index (Phi) is 5.57. The molecule has 1 aliphatic carbocycles. The van der Waals surface area contributed by atoms with Gasteiger partial charge in [-0.2, -0.15) is 0 Å². The fraction of sp³-hybridized carbons (Fsp3) is 0.650. The largest absolute Gasteiger partial charge is 0.378 e. The highest BCUT2D eigenvalue weighted by atomic mass is 16.5. The van der Waals surface area contributed by atoms with Crippen molar-refractivity contribution in [3.63, 3.8) is 0 Å². The smallest absolute Gasteiger partial charge is 0.255 e. The number of nitrogens with zero attached hydrogens (tertiary/aromatic N) is 4. The SMILES string of the molecule is O=C(c1ccc(N2CCN(C3CCCCC3)C(=O)C2)nc1)N1CCOCC1. The summed E-state index contributed by atoms with van der Waals surface area (Å²) in [6.07, 6.45) is 7.68. The molecule has 4 rings (SSSR count). The van der Waals surface area contributed by atoms with Crippen molar-refractivity contribution in [3.05, 3.63) is 23.9 Å². The van der Waals surface area contributed by atoms with Gasteiger partial charge in [0.15, 0.2) is 0 Å². The number of hydrogen-bond donors (Lipinski definition) is 0. The molecule has 0 aromatic carbocycles. The summed E-state index contributed by atoms with van der Waals surface area (Å²) >= 11 is 0. The molecule has 3 aliphatic rings. The molecular weight excluding hydrogens is 344 g/mol. The van der Waals surface area contributed by atoms with E-state index in [0.717, 1.165) is 31.7 Å². The lowest BCUT2D eigenvalue weighted by Gasteiger charge is -2.41. The zero-order valence-corrected chi connectivity index (χ0v) is 15.8. The molecule has 0 N–H and O–H groups in total. The minimum Gasteiger partial charge on any atom is -0.378 e. The van der Waals surface area contributed by atoms with Gasteiger partial charge in [-0.15, -0.1) is 0 Å². The van der Waals surface area contributed by atoms with Gasteiger partial charge in [0.2, 0.25) is 5.91 Å². The van der Waals surface area contributed by atoms with E-state index in [0.29, 0.717) is 44.5 Å². The van der Waals surface area contributed by atoms with Crippen LogP contribution in [-0.2, 0) is 9.53 Å². The Morgan fingerprint density at radius 2 is 1.81 bits per heavy atom. The van der Waals surface area contributed by atoms with E-state index in [2.05, 4.69) is 9.88 Å². The van der Waals surface area contributed by atoms with Crippen LogP contribution in [0.1, 0.15) is 42.5 Å². The third kappa shape index (κ3) is 4.08. The van der Waals surface area contributed by atoms with E-state index in [-0.39, 0.29) is 11.8 Å². The number of morpholine rings is 1. The van der Waals surface area contributed by atoms with Crippen LogP contribution in [0.15, 0.2) is 18.3 Å². The van der Waals surface area contributed by atoms with E-state index in [9.17, 15) is 9.59 Å². The number of aromatic nitrogens is 1. The minimum absolute atomic E-state index is 0.00413. The average Bonchev–Trinajstić information content (AvgIpc) is 2.74. The third-order valence-corrected chi connectivity index (χ3v) is 5.89. The van der Waals surface area contributed by atoms with Gasteiger partial charge < -0.3 is 19.4 Å². The minimum atomic E-state index is -0.00413. The van der Waals surface area contributed by atoms with E-state index in [1.807, 2.05) is 17.0 Å². The van der Waals surface area contributed by atoms with Gasteiger partial charge in [-0.1, -0.05) is 19.3 Å². The number of ether oxygens (including phenoxy) is 1. The van der Waals surface area contributed by atoms with Crippen LogP contribution < -0.4 is 4.90 Å². The molecule has 2 amide bonds. The number of pyridine rings is 1. The van der Waals surface area contributed by atoms with Crippen molar-refractivity contribution >= 4 is 17.6 Å². The summed E-state index contributed by atoms with van der Waals surface area (Å²) < 4.78 is 5.29. The van der Waals surface area contributed by atoms with Crippen LogP contribution in [0.2, 0.25) is 0 Å². The molecule has 1 aromatic heterocycles. The molecule has 7 heteroatoms. The summed E-state index contributed by atoms with van der Waals surface area (Å²) in [5.74, 6) is 0.962. The Labute approximate surface area is 160 Å². The van der Waals surface area contributed by atoms with Crippen molar-refractivity contribution < 1.29 is 14.3 Å². The maximum atomic E-state index is 12.6. The zero-order valence-electron chi connectivity index (χ0n) is 15.8. The molecule has 0 unspecified atom stereocenters. The molecular formula is C20H28N4O3. The summed E-state index contributed by atoms with van der Waals surface area (Å²) in [5, 5.41) is 0. The quantitative estimate of drug-likeness (QED) is 0.805. The lowest BCUT2D eigenvalue weighted by Crippen LogP contribution is -2.54. The lowest BCUT2D eigenvalue weighted by atomic mass is 9.93. The molecule has 0 bridgehead atoms. The first-order valence-corrected chi connectivity index (χ1v) is 10.1. The molecule has 1 aromatic rings. The highest BCUT2D eigenvalue weighted by molar-refractivity contribution is 5.94. The molecule has 2 aliphatic heterocycles. The first kappa shape index (κ1) is 18.2. The summed E-state index contributed by atoms with van der Waals surface area (Å²) in [5.41, 5.74) is 0.591. The van der Waals surface area contributed by atoms with Gasteiger partial charge in [0.1, 0.15) is 5.82 Å². The second-order valence-electron chi connectivity index (χ2n) is 7.61. The van der Waals surface area contributed by atoms with Crippen LogP contribution in [0.25, 0.3) is 0 Å². The average molecular weight is 372 g/mol. The second-order valence-corrected chi connectivity index (χ2v) is 7.61. The first-order chi connectivity index (χ1) is 13.2. The monoisotopic (exact) mass is 372 g/mol. The van der Waals surface area contributed by atoms with Crippen LogP contribution in [-0.4, -0.2) is 78.6 Å². The molecule has 2 saturated heterocycles. The van der Waals surface area contributed by atoms with Crippen LogP contribution in [0.4, 0.5) is 5.82 Å². The number of rotatable bonds is 3. The number of anilines is 1. The maximum absolute atomic E-state index is 12.6. The zero-order chi connectivity index (χ0) is 18.6. The van der Waals surface area contributed by atoms with Gasteiger partial charge in [0.05, 0.1) is 25.3 Å². The Balaban J connectivity index is 1.36. The molecule has 3 heterocycles. The topological polar surface area (TPSA) is 66.0 Å². The molecule has 1 saturated carbocycles. The fourth-order valence-electron chi connectivity index (χ4n) is 4.31. The predicted molar refractivity (Wildman–Crippen MR) is 102 cm³/mol. The molecule has 0 spiro atoms. The van der Waals surface area contributed by atoms with E-state index >= 15 is 0 Å². The number of hydrogen-bond acceptors (Lipinski definition) is 5. The normalized spacial score (nSPS) is 22.2. The van der Waals surface area contributed by atoms with Crippen LogP contribution in [0.5, 0.6) is 0 Å². The summed E-state index contributed by atoms with van der Waals surface area (Å²) in [6.45, 7) is 4.36. The van der Waals surface area contributed by atoms with Crippen molar-refractivity contribution in [2.24, 2.45) is 0 Å². The van der Waals surface area contributed by atoms with Crippen molar-refractivity contribution in [3.8, 4) is 0 Å². The van der Waals surface area contributed by atoms with Gasteiger partial charge in [-0.3, -0.25) is 9.59 Å². The second kappa shape index (κ2) is 8.25.